The minimum Gasteiger partial charge on any atom is -0.308 e. The van der Waals surface area contributed by atoms with Crippen LogP contribution >= 0.6 is 0 Å². The van der Waals surface area contributed by atoms with Crippen LogP contribution in [0.15, 0.2) is 79.0 Å². The van der Waals surface area contributed by atoms with Crippen LogP contribution in [-0.2, 0) is 6.42 Å². The average Bonchev–Trinajstić information content (AvgIpc) is 3.02. The van der Waals surface area contributed by atoms with E-state index < -0.39 is 0 Å². The molecule has 6 nitrogen and oxygen atoms in total. The van der Waals surface area contributed by atoms with E-state index in [4.69, 9.17) is 5.10 Å². The molecule has 0 radical (unpaired) electrons. The summed E-state index contributed by atoms with van der Waals surface area (Å²) in [6.07, 6.45) is 2.42. The smallest absolute Gasteiger partial charge is 0.308 e. The first-order valence-corrected chi connectivity index (χ1v) is 9.95. The molecule has 0 atom stereocenters. The molecule has 1 aliphatic rings. The van der Waals surface area contributed by atoms with E-state index in [1.165, 1.54) is 0 Å². The lowest BCUT2D eigenvalue weighted by molar-refractivity contribution is 0.257. The number of nitrogens with one attached hydrogen (secondary N) is 1. The van der Waals surface area contributed by atoms with E-state index in [0.29, 0.717) is 18.8 Å². The summed E-state index contributed by atoms with van der Waals surface area (Å²) in [5.74, 6) is 0.627. The number of aromatic nitrogens is 3. The second kappa shape index (κ2) is 7.48. The zero-order chi connectivity index (χ0) is 20.5. The van der Waals surface area contributed by atoms with E-state index in [1.54, 1.807) is 11.1 Å². The minimum absolute atomic E-state index is 0.195. The van der Waals surface area contributed by atoms with Crippen LogP contribution in [0.5, 0.6) is 0 Å². The van der Waals surface area contributed by atoms with Crippen molar-refractivity contribution in [2.24, 2.45) is 0 Å². The molecule has 0 aliphatic carbocycles. The lowest BCUT2D eigenvalue weighted by atomic mass is 10.1. The normalized spacial score (nSPS) is 12.6. The van der Waals surface area contributed by atoms with Gasteiger partial charge in [-0.3, -0.25) is 4.90 Å². The van der Waals surface area contributed by atoms with Gasteiger partial charge in [0.2, 0.25) is 0 Å². The highest BCUT2D eigenvalue weighted by molar-refractivity contribution is 6.03. The van der Waals surface area contributed by atoms with Crippen molar-refractivity contribution in [1.82, 2.24) is 14.8 Å². The monoisotopic (exact) mass is 395 g/mol. The van der Waals surface area contributed by atoms with Gasteiger partial charge in [-0.15, -0.1) is 0 Å². The van der Waals surface area contributed by atoms with Crippen molar-refractivity contribution in [1.29, 1.82) is 0 Å². The second-order valence-corrected chi connectivity index (χ2v) is 7.23. The van der Waals surface area contributed by atoms with Gasteiger partial charge in [0.25, 0.3) is 0 Å². The molecule has 6 heteroatoms. The molecule has 2 aromatic heterocycles. The van der Waals surface area contributed by atoms with Crippen molar-refractivity contribution in [3.8, 4) is 16.9 Å². The van der Waals surface area contributed by atoms with Crippen molar-refractivity contribution in [2.45, 2.75) is 13.3 Å². The fraction of sp³-hybridized carbons (Fsp3) is 0.125. The molecule has 5 rings (SSSR count). The standard InChI is InChI=1S/C24H21N5O/c1-17-20-14-16-28(24(30)26-18-9-4-2-5-10-18)23-21(13-8-15-25-23)22(20)27-29(17)19-11-6-3-7-12-19/h2-13,15H,14,16H2,1H3,(H,26,30). The number of nitrogens with zero attached hydrogens (tertiary/aromatic N) is 4. The maximum atomic E-state index is 13.1. The van der Waals surface area contributed by atoms with Gasteiger partial charge in [-0.1, -0.05) is 36.4 Å². The molecule has 0 fully saturated rings. The number of fused-ring (bicyclic) bond motifs is 3. The fourth-order valence-corrected chi connectivity index (χ4v) is 3.91. The van der Waals surface area contributed by atoms with Gasteiger partial charge < -0.3 is 5.32 Å². The van der Waals surface area contributed by atoms with Crippen LogP contribution in [0.25, 0.3) is 16.9 Å². The molecule has 0 bridgehead atoms. The van der Waals surface area contributed by atoms with Crippen molar-refractivity contribution in [3.05, 3.63) is 90.3 Å². The quantitative estimate of drug-likeness (QED) is 0.528. The predicted octanol–water partition coefficient (Wildman–Crippen LogP) is 4.84. The maximum absolute atomic E-state index is 13.1. The topological polar surface area (TPSA) is 63.1 Å². The summed E-state index contributed by atoms with van der Waals surface area (Å²) in [5, 5.41) is 7.89. The van der Waals surface area contributed by atoms with Gasteiger partial charge in [0.15, 0.2) is 0 Å². The van der Waals surface area contributed by atoms with Crippen LogP contribution in [0, 0.1) is 6.92 Å². The van der Waals surface area contributed by atoms with Crippen molar-refractivity contribution >= 4 is 17.5 Å². The number of carbonyl (C=O) groups is 1. The molecule has 0 unspecified atom stereocenters. The number of hydrogen-bond acceptors (Lipinski definition) is 3. The third-order valence-corrected chi connectivity index (χ3v) is 5.39. The fourth-order valence-electron chi connectivity index (χ4n) is 3.91. The number of hydrogen-bond donors (Lipinski definition) is 1. The summed E-state index contributed by atoms with van der Waals surface area (Å²) in [4.78, 5) is 19.3. The summed E-state index contributed by atoms with van der Waals surface area (Å²) in [7, 11) is 0. The molecule has 1 N–H and O–H groups in total. The number of carbonyl (C=O) groups excluding carboxylic acids is 1. The SMILES string of the molecule is Cc1c2c(nn1-c1ccccc1)-c1cccnc1N(C(=O)Nc1ccccc1)CC2. The van der Waals surface area contributed by atoms with E-state index in [0.717, 1.165) is 33.9 Å². The van der Waals surface area contributed by atoms with Crippen LogP contribution in [-0.4, -0.2) is 27.3 Å². The minimum atomic E-state index is -0.195. The van der Waals surface area contributed by atoms with E-state index in [9.17, 15) is 4.79 Å². The number of para-hydroxylation sites is 2. The van der Waals surface area contributed by atoms with E-state index in [-0.39, 0.29) is 6.03 Å². The van der Waals surface area contributed by atoms with Crippen LogP contribution in [0.2, 0.25) is 0 Å². The molecule has 0 saturated heterocycles. The van der Waals surface area contributed by atoms with Gasteiger partial charge in [0.1, 0.15) is 5.82 Å². The van der Waals surface area contributed by atoms with E-state index in [2.05, 4.69) is 17.2 Å². The van der Waals surface area contributed by atoms with Crippen molar-refractivity contribution in [2.75, 3.05) is 16.8 Å². The predicted molar refractivity (Wildman–Crippen MR) is 118 cm³/mol. The molecule has 148 valence electrons. The number of anilines is 2. The first kappa shape index (κ1) is 18.1. The van der Waals surface area contributed by atoms with Crippen LogP contribution in [0.4, 0.5) is 16.3 Å². The Morgan fingerprint density at radius 3 is 2.47 bits per heavy atom. The lowest BCUT2D eigenvalue weighted by Gasteiger charge is -2.22. The molecule has 2 amide bonds. The van der Waals surface area contributed by atoms with Crippen LogP contribution in [0.1, 0.15) is 11.3 Å². The molecule has 4 aromatic rings. The zero-order valence-electron chi connectivity index (χ0n) is 16.6. The Morgan fingerprint density at radius 1 is 0.967 bits per heavy atom. The largest absolute Gasteiger partial charge is 0.327 e. The Bertz CT molecular complexity index is 1200. The van der Waals surface area contributed by atoms with Gasteiger partial charge in [-0.25, -0.2) is 14.5 Å². The van der Waals surface area contributed by atoms with Gasteiger partial charge >= 0.3 is 6.03 Å². The highest BCUT2D eigenvalue weighted by atomic mass is 16.2. The Hall–Kier alpha value is -3.93. The average molecular weight is 395 g/mol. The van der Waals surface area contributed by atoms with E-state index >= 15 is 0 Å². The Balaban J connectivity index is 1.56. The van der Waals surface area contributed by atoms with Gasteiger partial charge in [0.05, 0.1) is 11.4 Å². The summed E-state index contributed by atoms with van der Waals surface area (Å²) >= 11 is 0. The maximum Gasteiger partial charge on any atom is 0.327 e. The third kappa shape index (κ3) is 3.12. The molecule has 0 saturated carbocycles. The number of rotatable bonds is 2. The van der Waals surface area contributed by atoms with Crippen molar-refractivity contribution in [3.63, 3.8) is 0 Å². The van der Waals surface area contributed by atoms with Crippen LogP contribution in [0.3, 0.4) is 0 Å². The molecule has 0 spiro atoms. The number of urea groups is 1. The first-order valence-electron chi connectivity index (χ1n) is 9.95. The summed E-state index contributed by atoms with van der Waals surface area (Å²) in [6.45, 7) is 2.60. The molecular weight excluding hydrogens is 374 g/mol. The summed E-state index contributed by atoms with van der Waals surface area (Å²) in [5.41, 5.74) is 5.75. The molecule has 30 heavy (non-hydrogen) atoms. The summed E-state index contributed by atoms with van der Waals surface area (Å²) < 4.78 is 1.97. The lowest BCUT2D eigenvalue weighted by Crippen LogP contribution is -2.37. The van der Waals surface area contributed by atoms with Gasteiger partial charge in [-0.05, 0) is 49.7 Å². The third-order valence-electron chi connectivity index (χ3n) is 5.39. The molecular formula is C24H21N5O. The van der Waals surface area contributed by atoms with Crippen molar-refractivity contribution < 1.29 is 4.79 Å². The van der Waals surface area contributed by atoms with Gasteiger partial charge in [-0.2, -0.15) is 5.10 Å². The summed E-state index contributed by atoms with van der Waals surface area (Å²) in [6, 6.07) is 23.2. The Kier molecular flexibility index (Phi) is 4.52. The zero-order valence-corrected chi connectivity index (χ0v) is 16.6. The van der Waals surface area contributed by atoms with Crippen LogP contribution < -0.4 is 10.2 Å². The molecule has 2 aromatic carbocycles. The highest BCUT2D eigenvalue weighted by Crippen LogP contribution is 2.36. The Morgan fingerprint density at radius 2 is 1.70 bits per heavy atom. The molecule has 3 heterocycles. The number of amides is 2. The first-order chi connectivity index (χ1) is 14.7. The molecule has 1 aliphatic heterocycles. The Labute approximate surface area is 174 Å². The number of pyridine rings is 1. The van der Waals surface area contributed by atoms with Gasteiger partial charge in [0, 0.05) is 35.2 Å². The highest BCUT2D eigenvalue weighted by Gasteiger charge is 2.29. The number of benzene rings is 2. The van der Waals surface area contributed by atoms with E-state index in [1.807, 2.05) is 77.5 Å². The second-order valence-electron chi connectivity index (χ2n) is 7.23.